The van der Waals surface area contributed by atoms with Gasteiger partial charge >= 0.3 is 5.97 Å². The lowest BCUT2D eigenvalue weighted by Gasteiger charge is -2.10. The predicted octanol–water partition coefficient (Wildman–Crippen LogP) is 4.18. The Morgan fingerprint density at radius 2 is 2.03 bits per heavy atom. The third kappa shape index (κ3) is 4.04. The van der Waals surface area contributed by atoms with E-state index in [4.69, 9.17) is 11.6 Å². The largest absolute Gasteiger partial charge is 0.480 e. The number of pyridine rings is 1. The molecule has 0 saturated carbocycles. The molecule has 4 rings (SSSR count). The third-order valence-electron chi connectivity index (χ3n) is 4.70. The summed E-state index contributed by atoms with van der Waals surface area (Å²) in [6.07, 6.45) is 1.70. The number of anilines is 1. The van der Waals surface area contributed by atoms with Crippen molar-refractivity contribution in [1.82, 2.24) is 19.6 Å². The molecule has 1 aromatic carbocycles. The minimum absolute atomic E-state index is 0.333. The molecule has 0 aliphatic carbocycles. The zero-order valence-corrected chi connectivity index (χ0v) is 17.4. The number of carboxylic acid groups (broad SMARTS) is 1. The van der Waals surface area contributed by atoms with E-state index in [-0.39, 0.29) is 0 Å². The fourth-order valence-corrected chi connectivity index (χ4v) is 3.52. The fraction of sp³-hybridized carbons (Fsp3) is 0.136. The highest BCUT2D eigenvalue weighted by molar-refractivity contribution is 6.29. The van der Waals surface area contributed by atoms with Crippen molar-refractivity contribution in [2.24, 2.45) is 0 Å². The molecule has 0 spiro atoms. The molecule has 2 N–H and O–H groups in total. The lowest BCUT2D eigenvalue weighted by molar-refractivity contribution is -0.137. The van der Waals surface area contributed by atoms with Crippen molar-refractivity contribution in [3.05, 3.63) is 65.1 Å². The van der Waals surface area contributed by atoms with E-state index in [0.717, 1.165) is 16.8 Å². The van der Waals surface area contributed by atoms with Crippen molar-refractivity contribution in [2.75, 3.05) is 5.32 Å². The SMILES string of the molecule is Cc1cc(-c2c(-c3cccc(C#N)c3)nn3ccc(N[C@@H](C)C(=O)O)nc23)cc(Cl)n1. The van der Waals surface area contributed by atoms with Crippen molar-refractivity contribution < 1.29 is 9.90 Å². The molecule has 9 heteroatoms. The van der Waals surface area contributed by atoms with Crippen LogP contribution in [0.5, 0.6) is 0 Å². The van der Waals surface area contributed by atoms with Gasteiger partial charge in [-0.3, -0.25) is 4.79 Å². The number of hydrogen-bond donors (Lipinski definition) is 2. The lowest BCUT2D eigenvalue weighted by Crippen LogP contribution is -2.25. The summed E-state index contributed by atoms with van der Waals surface area (Å²) in [6, 6.07) is 13.7. The van der Waals surface area contributed by atoms with Crippen LogP contribution in [0.4, 0.5) is 5.82 Å². The average Bonchev–Trinajstić information content (AvgIpc) is 3.12. The van der Waals surface area contributed by atoms with Gasteiger partial charge in [-0.25, -0.2) is 14.5 Å². The molecule has 4 aromatic rings. The quantitative estimate of drug-likeness (QED) is 0.454. The van der Waals surface area contributed by atoms with Gasteiger partial charge in [0.25, 0.3) is 0 Å². The fourth-order valence-electron chi connectivity index (χ4n) is 3.27. The van der Waals surface area contributed by atoms with Gasteiger partial charge in [-0.1, -0.05) is 23.7 Å². The summed E-state index contributed by atoms with van der Waals surface area (Å²) >= 11 is 6.22. The first-order chi connectivity index (χ1) is 14.9. The number of halogens is 1. The van der Waals surface area contributed by atoms with Crippen molar-refractivity contribution >= 4 is 29.0 Å². The minimum atomic E-state index is -0.985. The molecule has 1 atom stereocenters. The van der Waals surface area contributed by atoms with Crippen LogP contribution in [0.3, 0.4) is 0 Å². The van der Waals surface area contributed by atoms with Crippen LogP contribution in [-0.4, -0.2) is 36.7 Å². The van der Waals surface area contributed by atoms with Crippen LogP contribution in [0.15, 0.2) is 48.7 Å². The number of nitriles is 1. The Labute approximate surface area is 182 Å². The van der Waals surface area contributed by atoms with Gasteiger partial charge in [0, 0.05) is 17.5 Å². The normalized spacial score (nSPS) is 11.8. The number of nitrogens with zero attached hydrogens (tertiary/aromatic N) is 5. The first kappa shape index (κ1) is 20.3. The van der Waals surface area contributed by atoms with Gasteiger partial charge in [-0.15, -0.1) is 0 Å². The van der Waals surface area contributed by atoms with E-state index in [1.807, 2.05) is 19.1 Å². The van der Waals surface area contributed by atoms with Crippen LogP contribution >= 0.6 is 11.6 Å². The Kier molecular flexibility index (Phi) is 5.28. The topological polar surface area (TPSA) is 116 Å². The van der Waals surface area contributed by atoms with E-state index < -0.39 is 12.0 Å². The number of aryl methyl sites for hydroxylation is 1. The molecule has 8 nitrogen and oxygen atoms in total. The Balaban J connectivity index is 1.98. The Morgan fingerprint density at radius 1 is 1.23 bits per heavy atom. The molecular weight excluding hydrogens is 416 g/mol. The molecular formula is C22H17ClN6O2. The zero-order chi connectivity index (χ0) is 22.1. The molecule has 0 fully saturated rings. The number of fused-ring (bicyclic) bond motifs is 1. The van der Waals surface area contributed by atoms with Gasteiger partial charge < -0.3 is 10.4 Å². The second-order valence-electron chi connectivity index (χ2n) is 7.02. The maximum Gasteiger partial charge on any atom is 0.325 e. The number of aromatic nitrogens is 4. The summed E-state index contributed by atoms with van der Waals surface area (Å²) in [4.78, 5) is 20.1. The highest BCUT2D eigenvalue weighted by Gasteiger charge is 2.20. The van der Waals surface area contributed by atoms with Crippen LogP contribution < -0.4 is 5.32 Å². The highest BCUT2D eigenvalue weighted by Crippen LogP contribution is 2.36. The van der Waals surface area contributed by atoms with Crippen LogP contribution in [0, 0.1) is 18.3 Å². The maximum atomic E-state index is 11.2. The Morgan fingerprint density at radius 3 is 2.74 bits per heavy atom. The molecule has 0 aliphatic rings. The first-order valence-electron chi connectivity index (χ1n) is 9.39. The molecule has 3 heterocycles. The molecule has 0 radical (unpaired) electrons. The number of hydrogen-bond acceptors (Lipinski definition) is 6. The van der Waals surface area contributed by atoms with Crippen molar-refractivity contribution in [3.8, 4) is 28.5 Å². The zero-order valence-electron chi connectivity index (χ0n) is 16.7. The van der Waals surface area contributed by atoms with E-state index in [1.165, 1.54) is 6.92 Å². The summed E-state index contributed by atoms with van der Waals surface area (Å²) in [5.74, 6) is -0.585. The predicted molar refractivity (Wildman–Crippen MR) is 117 cm³/mol. The van der Waals surface area contributed by atoms with Crippen LogP contribution in [0.25, 0.3) is 28.0 Å². The van der Waals surface area contributed by atoms with Gasteiger partial charge in [-0.2, -0.15) is 10.4 Å². The second kappa shape index (κ2) is 8.05. The van der Waals surface area contributed by atoms with Crippen molar-refractivity contribution in [3.63, 3.8) is 0 Å². The summed E-state index contributed by atoms with van der Waals surface area (Å²) in [7, 11) is 0. The third-order valence-corrected chi connectivity index (χ3v) is 4.89. The van der Waals surface area contributed by atoms with Crippen molar-refractivity contribution in [1.29, 1.82) is 5.26 Å². The number of benzene rings is 1. The Bertz CT molecular complexity index is 1340. The number of carbonyl (C=O) groups is 1. The molecule has 0 aliphatic heterocycles. The molecule has 0 unspecified atom stereocenters. The molecule has 154 valence electrons. The summed E-state index contributed by atoms with van der Waals surface area (Å²) in [5, 5.41) is 26.4. The minimum Gasteiger partial charge on any atom is -0.480 e. The van der Waals surface area contributed by atoms with Crippen molar-refractivity contribution in [2.45, 2.75) is 19.9 Å². The molecule has 0 bridgehead atoms. The highest BCUT2D eigenvalue weighted by atomic mass is 35.5. The van der Waals surface area contributed by atoms with E-state index >= 15 is 0 Å². The summed E-state index contributed by atoms with van der Waals surface area (Å²) < 4.78 is 1.62. The van der Waals surface area contributed by atoms with E-state index in [1.54, 1.807) is 41.0 Å². The first-order valence-corrected chi connectivity index (χ1v) is 9.77. The van der Waals surface area contributed by atoms with Gasteiger partial charge in [0.15, 0.2) is 5.65 Å². The number of carboxylic acids is 1. The number of rotatable bonds is 5. The monoisotopic (exact) mass is 432 g/mol. The van der Waals surface area contributed by atoms with Crippen LogP contribution in [-0.2, 0) is 4.79 Å². The molecule has 31 heavy (non-hydrogen) atoms. The standard InChI is InChI=1S/C22H17ClN6O2/c1-12-8-16(10-17(23)25-12)19-20(15-5-3-4-14(9-15)11-24)28-29-7-6-18(27-21(19)29)26-13(2)22(30)31/h3-10,13H,1-2H3,(H,26,27)(H,30,31)/t13-/m0/s1. The van der Waals surface area contributed by atoms with Gasteiger partial charge in [-0.05, 0) is 49.7 Å². The molecule has 0 amide bonds. The Hall–Kier alpha value is -3.96. The van der Waals surface area contributed by atoms with Gasteiger partial charge in [0.1, 0.15) is 22.7 Å². The maximum absolute atomic E-state index is 11.2. The van der Waals surface area contributed by atoms with Crippen LogP contribution in [0.1, 0.15) is 18.2 Å². The molecule has 0 saturated heterocycles. The molecule has 3 aromatic heterocycles. The number of nitrogens with one attached hydrogen (secondary N) is 1. The van der Waals surface area contributed by atoms with Crippen LogP contribution in [0.2, 0.25) is 5.15 Å². The second-order valence-corrected chi connectivity index (χ2v) is 7.41. The smallest absolute Gasteiger partial charge is 0.325 e. The average molecular weight is 433 g/mol. The van der Waals surface area contributed by atoms with Gasteiger partial charge in [0.05, 0.1) is 17.2 Å². The van der Waals surface area contributed by atoms with E-state index in [2.05, 4.69) is 26.5 Å². The summed E-state index contributed by atoms with van der Waals surface area (Å²) in [6.45, 7) is 3.38. The van der Waals surface area contributed by atoms with E-state index in [9.17, 15) is 15.2 Å². The lowest BCUT2D eigenvalue weighted by atomic mass is 10.00. The van der Waals surface area contributed by atoms with E-state index in [0.29, 0.717) is 33.4 Å². The summed E-state index contributed by atoms with van der Waals surface area (Å²) in [5.41, 5.74) is 4.59. The number of aliphatic carboxylic acids is 1. The van der Waals surface area contributed by atoms with Gasteiger partial charge in [0.2, 0.25) is 0 Å².